The van der Waals surface area contributed by atoms with Gasteiger partial charge < -0.3 is 9.47 Å². The molecule has 0 amide bonds. The highest BCUT2D eigenvalue weighted by atomic mass is 31.1. The molecule has 2 fully saturated rings. The van der Waals surface area contributed by atoms with Crippen LogP contribution < -0.4 is 14.8 Å². The summed E-state index contributed by atoms with van der Waals surface area (Å²) in [5.41, 5.74) is 4.23. The minimum Gasteiger partial charge on any atom is -0.496 e. The summed E-state index contributed by atoms with van der Waals surface area (Å²) in [6.07, 6.45) is 14.2. The Morgan fingerprint density at radius 3 is 1.61 bits per heavy atom. The molecule has 2 aromatic carbocycles. The number of ether oxygens (including phenoxy) is 2. The Labute approximate surface area is 191 Å². The molecular formula is C28H41O2P. The average molecular weight is 441 g/mol. The van der Waals surface area contributed by atoms with Crippen molar-refractivity contribution >= 4 is 13.2 Å². The molecule has 2 aromatic rings. The van der Waals surface area contributed by atoms with Gasteiger partial charge in [-0.1, -0.05) is 90.6 Å². The molecule has 0 N–H and O–H groups in total. The predicted octanol–water partition coefficient (Wildman–Crippen LogP) is 8.17. The number of benzene rings is 2. The summed E-state index contributed by atoms with van der Waals surface area (Å²) in [6, 6.07) is 15.3. The van der Waals surface area contributed by atoms with Gasteiger partial charge in [-0.2, -0.15) is 0 Å². The number of hydrogen-bond donors (Lipinski definition) is 0. The highest BCUT2D eigenvalue weighted by Gasteiger charge is 2.34. The SMILES string of the molecule is CC.COc1cccc(OC)c1-c1ccccc1P(C1CCCCC1)C1CCCCC1. The van der Waals surface area contributed by atoms with Gasteiger partial charge in [-0.15, -0.1) is 0 Å². The van der Waals surface area contributed by atoms with E-state index >= 15 is 0 Å². The fourth-order valence-corrected chi connectivity index (χ4v) is 9.39. The van der Waals surface area contributed by atoms with Crippen molar-refractivity contribution in [1.29, 1.82) is 0 Å². The molecule has 0 aromatic heterocycles. The van der Waals surface area contributed by atoms with E-state index in [1.165, 1.54) is 69.8 Å². The second kappa shape index (κ2) is 12.5. The van der Waals surface area contributed by atoms with Crippen LogP contribution in [0.5, 0.6) is 11.5 Å². The van der Waals surface area contributed by atoms with Crippen molar-refractivity contribution in [3.8, 4) is 22.6 Å². The lowest BCUT2D eigenvalue weighted by molar-refractivity contribution is 0.397. The Bertz CT molecular complexity index is 751. The quantitative estimate of drug-likeness (QED) is 0.422. The third-order valence-electron chi connectivity index (χ3n) is 6.82. The molecule has 2 nitrogen and oxygen atoms in total. The van der Waals surface area contributed by atoms with E-state index in [2.05, 4.69) is 36.4 Å². The first-order valence-corrected chi connectivity index (χ1v) is 13.9. The molecule has 2 aliphatic carbocycles. The molecule has 0 unspecified atom stereocenters. The smallest absolute Gasteiger partial charge is 0.130 e. The van der Waals surface area contributed by atoms with Gasteiger partial charge in [0.05, 0.1) is 19.8 Å². The van der Waals surface area contributed by atoms with Crippen molar-refractivity contribution in [3.05, 3.63) is 42.5 Å². The Balaban J connectivity index is 0.00000132. The van der Waals surface area contributed by atoms with Gasteiger partial charge in [-0.05, 0) is 60.0 Å². The Morgan fingerprint density at radius 1 is 0.645 bits per heavy atom. The number of rotatable bonds is 6. The van der Waals surface area contributed by atoms with E-state index in [9.17, 15) is 0 Å². The third kappa shape index (κ3) is 5.64. The van der Waals surface area contributed by atoms with Crippen LogP contribution in [0.4, 0.5) is 0 Å². The lowest BCUT2D eigenvalue weighted by Gasteiger charge is -2.39. The van der Waals surface area contributed by atoms with Gasteiger partial charge in [0.25, 0.3) is 0 Å². The van der Waals surface area contributed by atoms with Crippen LogP contribution in [0.3, 0.4) is 0 Å². The van der Waals surface area contributed by atoms with Crippen molar-refractivity contribution in [2.45, 2.75) is 89.4 Å². The maximum atomic E-state index is 5.80. The van der Waals surface area contributed by atoms with E-state index < -0.39 is 0 Å². The minimum absolute atomic E-state index is 0.182. The molecule has 0 heterocycles. The molecule has 4 rings (SSSR count). The molecule has 0 saturated heterocycles. The second-order valence-electron chi connectivity index (χ2n) is 8.55. The zero-order valence-corrected chi connectivity index (χ0v) is 20.9. The Morgan fingerprint density at radius 2 is 1.13 bits per heavy atom. The summed E-state index contributed by atoms with van der Waals surface area (Å²) < 4.78 is 11.6. The van der Waals surface area contributed by atoms with Crippen LogP contribution in [-0.4, -0.2) is 25.5 Å². The summed E-state index contributed by atoms with van der Waals surface area (Å²) in [7, 11) is 3.36. The van der Waals surface area contributed by atoms with Crippen LogP contribution >= 0.6 is 7.92 Å². The predicted molar refractivity (Wildman–Crippen MR) is 137 cm³/mol. The molecule has 0 spiro atoms. The van der Waals surface area contributed by atoms with Crippen LogP contribution in [0.1, 0.15) is 78.1 Å². The molecule has 31 heavy (non-hydrogen) atoms. The number of methoxy groups -OCH3 is 2. The van der Waals surface area contributed by atoms with Gasteiger partial charge in [0.2, 0.25) is 0 Å². The van der Waals surface area contributed by atoms with Gasteiger partial charge in [-0.25, -0.2) is 0 Å². The molecule has 170 valence electrons. The zero-order valence-electron chi connectivity index (χ0n) is 20.0. The second-order valence-corrected chi connectivity index (χ2v) is 11.3. The van der Waals surface area contributed by atoms with Gasteiger partial charge in [0.15, 0.2) is 0 Å². The van der Waals surface area contributed by atoms with E-state index in [-0.39, 0.29) is 7.92 Å². The van der Waals surface area contributed by atoms with Crippen LogP contribution in [0.25, 0.3) is 11.1 Å². The van der Waals surface area contributed by atoms with Gasteiger partial charge in [-0.3, -0.25) is 0 Å². The number of hydrogen-bond acceptors (Lipinski definition) is 2. The molecule has 0 atom stereocenters. The summed E-state index contributed by atoms with van der Waals surface area (Å²) in [4.78, 5) is 0. The first-order valence-electron chi connectivity index (χ1n) is 12.4. The van der Waals surface area contributed by atoms with E-state index in [4.69, 9.17) is 9.47 Å². The van der Waals surface area contributed by atoms with Crippen molar-refractivity contribution in [3.63, 3.8) is 0 Å². The van der Waals surface area contributed by atoms with Gasteiger partial charge in [0, 0.05) is 0 Å². The largest absolute Gasteiger partial charge is 0.496 e. The van der Waals surface area contributed by atoms with E-state index in [1.807, 2.05) is 19.9 Å². The molecular weight excluding hydrogens is 399 g/mol. The Kier molecular flexibility index (Phi) is 9.72. The van der Waals surface area contributed by atoms with E-state index in [1.54, 1.807) is 19.5 Å². The third-order valence-corrected chi connectivity index (χ3v) is 10.4. The van der Waals surface area contributed by atoms with Crippen LogP contribution in [-0.2, 0) is 0 Å². The summed E-state index contributed by atoms with van der Waals surface area (Å²) in [5.74, 6) is 1.83. The fraction of sp³-hybridized carbons (Fsp3) is 0.571. The van der Waals surface area contributed by atoms with E-state index in [0.717, 1.165) is 28.4 Å². The van der Waals surface area contributed by atoms with Crippen molar-refractivity contribution in [1.82, 2.24) is 0 Å². The highest BCUT2D eigenvalue weighted by Crippen LogP contribution is 2.57. The minimum atomic E-state index is -0.182. The fourth-order valence-electron chi connectivity index (χ4n) is 5.44. The molecule has 2 saturated carbocycles. The maximum absolute atomic E-state index is 5.80. The lowest BCUT2D eigenvalue weighted by Crippen LogP contribution is -2.27. The molecule has 0 aliphatic heterocycles. The highest BCUT2D eigenvalue weighted by molar-refractivity contribution is 7.67. The first-order chi connectivity index (χ1) is 15.3. The first kappa shape index (κ1) is 24.1. The molecule has 3 heteroatoms. The van der Waals surface area contributed by atoms with Crippen molar-refractivity contribution in [2.24, 2.45) is 0 Å². The monoisotopic (exact) mass is 440 g/mol. The van der Waals surface area contributed by atoms with Crippen molar-refractivity contribution in [2.75, 3.05) is 14.2 Å². The normalized spacial score (nSPS) is 17.7. The average Bonchev–Trinajstić information content (AvgIpc) is 2.86. The topological polar surface area (TPSA) is 18.5 Å². The maximum Gasteiger partial charge on any atom is 0.130 e. The van der Waals surface area contributed by atoms with Crippen LogP contribution in [0, 0.1) is 0 Å². The summed E-state index contributed by atoms with van der Waals surface area (Å²) in [6.45, 7) is 4.00. The Hall–Kier alpha value is -1.53. The van der Waals surface area contributed by atoms with Gasteiger partial charge >= 0.3 is 0 Å². The van der Waals surface area contributed by atoms with Crippen molar-refractivity contribution < 1.29 is 9.47 Å². The zero-order chi connectivity index (χ0) is 22.1. The van der Waals surface area contributed by atoms with Gasteiger partial charge in [0.1, 0.15) is 11.5 Å². The summed E-state index contributed by atoms with van der Waals surface area (Å²) in [5, 5.41) is 1.59. The molecule has 0 bridgehead atoms. The van der Waals surface area contributed by atoms with Crippen LogP contribution in [0.15, 0.2) is 42.5 Å². The molecule has 0 radical (unpaired) electrons. The van der Waals surface area contributed by atoms with Crippen LogP contribution in [0.2, 0.25) is 0 Å². The standard InChI is InChI=1S/C26H35O2P.C2H6/c1-27-23-17-11-18-24(28-2)26(23)22-16-9-10-19-25(22)29(20-12-5-3-6-13-20)21-14-7-4-8-15-21;1-2/h9-11,16-21H,3-8,12-15H2,1-2H3;1-2H3. The lowest BCUT2D eigenvalue weighted by atomic mass is 9.99. The molecule has 2 aliphatic rings. The summed E-state index contributed by atoms with van der Waals surface area (Å²) >= 11 is 0. The van der Waals surface area contributed by atoms with E-state index in [0.29, 0.717) is 0 Å².